The Bertz CT molecular complexity index is 307. The monoisotopic (exact) mass is 293 g/mol. The normalized spacial score (nSPS) is 10.6. The predicted octanol–water partition coefficient (Wildman–Crippen LogP) is 3.74. The lowest BCUT2D eigenvalue weighted by Gasteiger charge is -2.05. The molecule has 0 amide bonds. The lowest BCUT2D eigenvalue weighted by Crippen LogP contribution is -2.15. The predicted molar refractivity (Wildman–Crippen MR) is 66.1 cm³/mol. The molecule has 1 rings (SSSR count). The van der Waals surface area contributed by atoms with Crippen LogP contribution in [0.3, 0.4) is 0 Å². The second-order valence-corrected chi connectivity index (χ2v) is 4.54. The fourth-order valence-electron chi connectivity index (χ4n) is 1.23. The zero-order chi connectivity index (χ0) is 11.1. The third-order valence-electron chi connectivity index (χ3n) is 2.07. The van der Waals surface area contributed by atoms with Crippen molar-refractivity contribution in [3.8, 4) is 0 Å². The van der Waals surface area contributed by atoms with Crippen molar-refractivity contribution < 1.29 is 4.39 Å². The van der Waals surface area contributed by atoms with Crippen LogP contribution in [0.4, 0.5) is 4.39 Å². The summed E-state index contributed by atoms with van der Waals surface area (Å²) >= 11 is 9.02. The summed E-state index contributed by atoms with van der Waals surface area (Å²) in [6, 6.07) is 4.77. The molecule has 0 aromatic heterocycles. The Morgan fingerprint density at radius 1 is 1.33 bits per heavy atom. The van der Waals surface area contributed by atoms with Crippen molar-refractivity contribution in [1.29, 1.82) is 0 Å². The molecule has 0 saturated heterocycles. The molecule has 0 saturated carbocycles. The van der Waals surface area contributed by atoms with E-state index in [1.807, 2.05) is 0 Å². The van der Waals surface area contributed by atoms with Gasteiger partial charge in [-0.2, -0.15) is 0 Å². The summed E-state index contributed by atoms with van der Waals surface area (Å²) in [5.74, 6) is -0.240. The molecule has 0 aliphatic rings. The molecule has 0 atom stereocenters. The van der Waals surface area contributed by atoms with E-state index >= 15 is 0 Å². The van der Waals surface area contributed by atoms with Crippen LogP contribution in [-0.4, -0.2) is 11.9 Å². The Balaban J connectivity index is 2.31. The molecule has 1 nitrogen and oxygen atoms in total. The largest absolute Gasteiger partial charge is 0.313 e. The molecule has 0 aliphatic carbocycles. The molecule has 0 heterocycles. The first-order valence-corrected chi connectivity index (χ1v) is 6.44. The van der Waals surface area contributed by atoms with Gasteiger partial charge >= 0.3 is 0 Å². The molecule has 15 heavy (non-hydrogen) atoms. The van der Waals surface area contributed by atoms with Crippen molar-refractivity contribution in [2.45, 2.75) is 19.4 Å². The maximum absolute atomic E-state index is 13.3. The van der Waals surface area contributed by atoms with Crippen LogP contribution in [0.5, 0.6) is 0 Å². The van der Waals surface area contributed by atoms with Gasteiger partial charge in [0.2, 0.25) is 0 Å². The van der Waals surface area contributed by atoms with Crippen molar-refractivity contribution in [2.24, 2.45) is 0 Å². The van der Waals surface area contributed by atoms with E-state index in [1.54, 1.807) is 12.1 Å². The van der Waals surface area contributed by atoms with E-state index in [0.717, 1.165) is 24.7 Å². The van der Waals surface area contributed by atoms with Gasteiger partial charge in [-0.3, -0.25) is 0 Å². The maximum Gasteiger partial charge on any atom is 0.129 e. The van der Waals surface area contributed by atoms with E-state index in [4.69, 9.17) is 11.6 Å². The lowest BCUT2D eigenvalue weighted by molar-refractivity contribution is 0.581. The molecule has 0 aliphatic heterocycles. The van der Waals surface area contributed by atoms with E-state index in [-0.39, 0.29) is 5.82 Å². The highest BCUT2D eigenvalue weighted by Crippen LogP contribution is 2.14. The Labute approximate surface area is 103 Å². The highest BCUT2D eigenvalue weighted by molar-refractivity contribution is 9.09. The zero-order valence-corrected chi connectivity index (χ0v) is 10.7. The molecular weight excluding hydrogens is 280 g/mol. The van der Waals surface area contributed by atoms with Crippen LogP contribution in [0.2, 0.25) is 5.02 Å². The SMILES string of the molecule is Fc1cc(Cl)ccc1CNCCCCBr. The highest BCUT2D eigenvalue weighted by Gasteiger charge is 2.01. The van der Waals surface area contributed by atoms with Crippen LogP contribution in [0, 0.1) is 5.82 Å². The number of halogens is 3. The quantitative estimate of drug-likeness (QED) is 0.622. The van der Waals surface area contributed by atoms with Crippen molar-refractivity contribution >= 4 is 27.5 Å². The molecular formula is C11H14BrClFN. The topological polar surface area (TPSA) is 12.0 Å². The molecule has 84 valence electrons. The zero-order valence-electron chi connectivity index (χ0n) is 8.40. The molecule has 1 aromatic carbocycles. The number of benzene rings is 1. The third kappa shape index (κ3) is 4.96. The van der Waals surface area contributed by atoms with Gasteiger partial charge in [0.05, 0.1) is 0 Å². The van der Waals surface area contributed by atoms with Gasteiger partial charge in [0.25, 0.3) is 0 Å². The third-order valence-corrected chi connectivity index (χ3v) is 2.86. The average Bonchev–Trinajstić information content (AvgIpc) is 2.20. The standard InChI is InChI=1S/C11H14BrClFN/c12-5-1-2-6-15-8-9-3-4-10(13)7-11(9)14/h3-4,7,15H,1-2,5-6,8H2. The Morgan fingerprint density at radius 2 is 2.13 bits per heavy atom. The number of nitrogens with one attached hydrogen (secondary N) is 1. The molecule has 0 bridgehead atoms. The summed E-state index contributed by atoms with van der Waals surface area (Å²) < 4.78 is 13.3. The molecule has 1 N–H and O–H groups in total. The van der Waals surface area contributed by atoms with Gasteiger partial charge in [0, 0.05) is 22.5 Å². The van der Waals surface area contributed by atoms with Crippen molar-refractivity contribution in [3.05, 3.63) is 34.6 Å². The number of hydrogen-bond acceptors (Lipinski definition) is 1. The van der Waals surface area contributed by atoms with Gasteiger partial charge in [-0.25, -0.2) is 4.39 Å². The van der Waals surface area contributed by atoms with Gasteiger partial charge in [-0.15, -0.1) is 0 Å². The van der Waals surface area contributed by atoms with Gasteiger partial charge in [0.15, 0.2) is 0 Å². The summed E-state index contributed by atoms with van der Waals surface area (Å²) in [7, 11) is 0. The minimum Gasteiger partial charge on any atom is -0.313 e. The number of alkyl halides is 1. The second-order valence-electron chi connectivity index (χ2n) is 3.31. The molecule has 1 aromatic rings. The molecule has 4 heteroatoms. The second kappa shape index (κ2) is 7.20. The van der Waals surface area contributed by atoms with Gasteiger partial charge in [-0.1, -0.05) is 33.6 Å². The first-order chi connectivity index (χ1) is 7.24. The smallest absolute Gasteiger partial charge is 0.129 e. The lowest BCUT2D eigenvalue weighted by atomic mass is 10.2. The molecule has 0 spiro atoms. The van der Waals surface area contributed by atoms with Crippen LogP contribution in [0.15, 0.2) is 18.2 Å². The average molecular weight is 295 g/mol. The Kier molecular flexibility index (Phi) is 6.22. The van der Waals surface area contributed by atoms with Gasteiger partial charge < -0.3 is 5.32 Å². The van der Waals surface area contributed by atoms with Crippen LogP contribution in [0.25, 0.3) is 0 Å². The van der Waals surface area contributed by atoms with Crippen LogP contribution < -0.4 is 5.32 Å². The minimum atomic E-state index is -0.240. The number of rotatable bonds is 6. The fourth-order valence-corrected chi connectivity index (χ4v) is 1.79. The first kappa shape index (κ1) is 12.9. The fraction of sp³-hybridized carbons (Fsp3) is 0.455. The summed E-state index contributed by atoms with van der Waals surface area (Å²) in [6.45, 7) is 1.47. The van der Waals surface area contributed by atoms with E-state index in [9.17, 15) is 4.39 Å². The summed E-state index contributed by atoms with van der Waals surface area (Å²) in [6.07, 6.45) is 2.23. The van der Waals surface area contributed by atoms with Crippen LogP contribution in [0.1, 0.15) is 18.4 Å². The number of unbranched alkanes of at least 4 members (excludes halogenated alkanes) is 1. The minimum absolute atomic E-state index is 0.240. The maximum atomic E-state index is 13.3. The molecule has 0 fully saturated rings. The van der Waals surface area contributed by atoms with Crippen molar-refractivity contribution in [2.75, 3.05) is 11.9 Å². The van der Waals surface area contributed by atoms with E-state index in [1.165, 1.54) is 6.07 Å². The summed E-state index contributed by atoms with van der Waals surface area (Å²) in [5.41, 5.74) is 0.665. The first-order valence-electron chi connectivity index (χ1n) is 4.94. The highest BCUT2D eigenvalue weighted by atomic mass is 79.9. The summed E-state index contributed by atoms with van der Waals surface area (Å²) in [4.78, 5) is 0. The van der Waals surface area contributed by atoms with Gasteiger partial charge in [0.1, 0.15) is 5.82 Å². The molecule has 0 radical (unpaired) electrons. The van der Waals surface area contributed by atoms with Crippen molar-refractivity contribution in [1.82, 2.24) is 5.32 Å². The van der Waals surface area contributed by atoms with Crippen LogP contribution >= 0.6 is 27.5 Å². The Hall–Kier alpha value is -0.120. The van der Waals surface area contributed by atoms with E-state index in [2.05, 4.69) is 21.2 Å². The van der Waals surface area contributed by atoms with E-state index < -0.39 is 0 Å². The van der Waals surface area contributed by atoms with Gasteiger partial charge in [-0.05, 0) is 31.5 Å². The Morgan fingerprint density at radius 3 is 2.80 bits per heavy atom. The van der Waals surface area contributed by atoms with Crippen molar-refractivity contribution in [3.63, 3.8) is 0 Å². The summed E-state index contributed by atoms with van der Waals surface area (Å²) in [5, 5.41) is 4.65. The van der Waals surface area contributed by atoms with Crippen LogP contribution in [-0.2, 0) is 6.54 Å². The number of hydrogen-bond donors (Lipinski definition) is 1. The van der Waals surface area contributed by atoms with E-state index in [0.29, 0.717) is 17.1 Å². The molecule has 0 unspecified atom stereocenters.